The van der Waals surface area contributed by atoms with E-state index in [1.165, 1.54) is 6.08 Å². The summed E-state index contributed by atoms with van der Waals surface area (Å²) in [6.45, 7) is 6.00. The predicted molar refractivity (Wildman–Crippen MR) is 64.4 cm³/mol. The lowest BCUT2D eigenvalue weighted by Crippen LogP contribution is -2.24. The van der Waals surface area contributed by atoms with Gasteiger partial charge in [0.05, 0.1) is 7.11 Å². The monoisotopic (exact) mass is 219 g/mol. The van der Waals surface area contributed by atoms with Gasteiger partial charge >= 0.3 is 0 Å². The van der Waals surface area contributed by atoms with Crippen LogP contribution in [0.5, 0.6) is 5.75 Å². The third-order valence-electron chi connectivity index (χ3n) is 2.39. The number of likely N-dealkylation sites (N-methyl/N-ethyl adjacent to an activating group) is 1. The fourth-order valence-corrected chi connectivity index (χ4v) is 1.52. The number of hydrogen-bond donors (Lipinski definition) is 0. The van der Waals surface area contributed by atoms with Crippen LogP contribution in [0.2, 0.25) is 0 Å². The normalized spacial score (nSPS) is 9.69. The Labute approximate surface area is 96.3 Å². The van der Waals surface area contributed by atoms with Crippen LogP contribution in [-0.4, -0.2) is 25.0 Å². The fraction of sp³-hybridized carbons (Fsp3) is 0.308. The Balaban J connectivity index is 2.90. The summed E-state index contributed by atoms with van der Waals surface area (Å²) in [5.74, 6) is 0.706. The minimum atomic E-state index is -0.0939. The average molecular weight is 219 g/mol. The van der Waals surface area contributed by atoms with Gasteiger partial charge in [-0.25, -0.2) is 0 Å². The molecule has 0 radical (unpaired) electrons. The van der Waals surface area contributed by atoms with Gasteiger partial charge in [-0.3, -0.25) is 4.79 Å². The number of nitrogens with zero attached hydrogens (tertiary/aromatic N) is 1. The maximum absolute atomic E-state index is 11.4. The van der Waals surface area contributed by atoms with Crippen molar-refractivity contribution in [1.82, 2.24) is 4.90 Å². The van der Waals surface area contributed by atoms with Gasteiger partial charge in [0.25, 0.3) is 0 Å². The number of benzene rings is 1. The molecule has 0 aromatic heterocycles. The molecular formula is C13H17NO2. The average Bonchev–Trinajstić information content (AvgIpc) is 2.28. The number of rotatable bonds is 4. The van der Waals surface area contributed by atoms with Crippen LogP contribution in [0.25, 0.3) is 0 Å². The Morgan fingerprint density at radius 3 is 2.81 bits per heavy atom. The molecule has 3 nitrogen and oxygen atoms in total. The van der Waals surface area contributed by atoms with E-state index in [-0.39, 0.29) is 5.91 Å². The molecule has 16 heavy (non-hydrogen) atoms. The SMILES string of the molecule is C=CC(=O)N(C)Cc1cc(C)ccc1OC. The van der Waals surface area contributed by atoms with Crippen molar-refractivity contribution in [2.75, 3.05) is 14.2 Å². The van der Waals surface area contributed by atoms with E-state index in [4.69, 9.17) is 4.74 Å². The minimum Gasteiger partial charge on any atom is -0.496 e. The number of aryl methyl sites for hydroxylation is 1. The molecule has 0 atom stereocenters. The van der Waals surface area contributed by atoms with Crippen molar-refractivity contribution < 1.29 is 9.53 Å². The fourth-order valence-electron chi connectivity index (χ4n) is 1.52. The largest absolute Gasteiger partial charge is 0.496 e. The van der Waals surface area contributed by atoms with E-state index in [9.17, 15) is 4.79 Å². The first-order valence-corrected chi connectivity index (χ1v) is 5.09. The second kappa shape index (κ2) is 5.35. The molecule has 0 unspecified atom stereocenters. The molecule has 0 aliphatic carbocycles. The third-order valence-corrected chi connectivity index (χ3v) is 2.39. The molecule has 0 heterocycles. The summed E-state index contributed by atoms with van der Waals surface area (Å²) in [7, 11) is 3.37. The van der Waals surface area contributed by atoms with Crippen LogP contribution >= 0.6 is 0 Å². The molecule has 1 rings (SSSR count). The number of hydrogen-bond acceptors (Lipinski definition) is 2. The van der Waals surface area contributed by atoms with Gasteiger partial charge in [0, 0.05) is 19.2 Å². The van der Waals surface area contributed by atoms with Crippen molar-refractivity contribution in [2.45, 2.75) is 13.5 Å². The Morgan fingerprint density at radius 2 is 2.25 bits per heavy atom. The first kappa shape index (κ1) is 12.3. The molecule has 0 fully saturated rings. The first-order chi connectivity index (χ1) is 7.58. The molecule has 0 saturated carbocycles. The highest BCUT2D eigenvalue weighted by Crippen LogP contribution is 2.20. The third kappa shape index (κ3) is 2.86. The number of amides is 1. The molecular weight excluding hydrogens is 202 g/mol. The Bertz CT molecular complexity index is 399. The molecule has 1 aromatic rings. The number of ether oxygens (including phenoxy) is 1. The first-order valence-electron chi connectivity index (χ1n) is 5.09. The summed E-state index contributed by atoms with van der Waals surface area (Å²) < 4.78 is 5.25. The molecule has 0 spiro atoms. The van der Waals surface area contributed by atoms with E-state index in [2.05, 4.69) is 6.58 Å². The Morgan fingerprint density at radius 1 is 1.56 bits per heavy atom. The smallest absolute Gasteiger partial charge is 0.245 e. The van der Waals surface area contributed by atoms with Crippen LogP contribution in [-0.2, 0) is 11.3 Å². The quantitative estimate of drug-likeness (QED) is 0.726. The van der Waals surface area contributed by atoms with Crippen molar-refractivity contribution in [3.05, 3.63) is 42.0 Å². The summed E-state index contributed by atoms with van der Waals surface area (Å²) in [6.07, 6.45) is 1.31. The summed E-state index contributed by atoms with van der Waals surface area (Å²) in [5.41, 5.74) is 2.15. The van der Waals surface area contributed by atoms with Crippen LogP contribution < -0.4 is 4.74 Å². The molecule has 0 aliphatic heterocycles. The van der Waals surface area contributed by atoms with Gasteiger partial charge in [0.15, 0.2) is 0 Å². The predicted octanol–water partition coefficient (Wildman–Crippen LogP) is 2.15. The zero-order valence-corrected chi connectivity index (χ0v) is 9.99. The molecule has 86 valence electrons. The topological polar surface area (TPSA) is 29.5 Å². The molecule has 1 amide bonds. The van der Waals surface area contributed by atoms with Gasteiger partial charge in [-0.1, -0.05) is 24.3 Å². The van der Waals surface area contributed by atoms with E-state index < -0.39 is 0 Å². The van der Waals surface area contributed by atoms with Crippen LogP contribution in [0.4, 0.5) is 0 Å². The van der Waals surface area contributed by atoms with E-state index in [0.29, 0.717) is 6.54 Å². The van der Waals surface area contributed by atoms with Crippen molar-refractivity contribution in [3.8, 4) is 5.75 Å². The molecule has 0 bridgehead atoms. The van der Waals surface area contributed by atoms with Crippen LogP contribution in [0.1, 0.15) is 11.1 Å². The molecule has 1 aromatic carbocycles. The minimum absolute atomic E-state index is 0.0939. The van der Waals surface area contributed by atoms with Gasteiger partial charge in [0.2, 0.25) is 5.91 Å². The second-order valence-electron chi connectivity index (χ2n) is 3.71. The van der Waals surface area contributed by atoms with E-state index >= 15 is 0 Å². The van der Waals surface area contributed by atoms with E-state index in [1.54, 1.807) is 19.1 Å². The van der Waals surface area contributed by atoms with Crippen molar-refractivity contribution in [3.63, 3.8) is 0 Å². The van der Waals surface area contributed by atoms with Crippen molar-refractivity contribution in [1.29, 1.82) is 0 Å². The summed E-state index contributed by atoms with van der Waals surface area (Å²) >= 11 is 0. The van der Waals surface area contributed by atoms with E-state index in [1.807, 2.05) is 25.1 Å². The lowest BCUT2D eigenvalue weighted by molar-refractivity contribution is -0.125. The number of carbonyl (C=O) groups excluding carboxylic acids is 1. The number of carbonyl (C=O) groups is 1. The highest BCUT2D eigenvalue weighted by atomic mass is 16.5. The highest BCUT2D eigenvalue weighted by molar-refractivity contribution is 5.86. The van der Waals surface area contributed by atoms with Crippen LogP contribution in [0.15, 0.2) is 30.9 Å². The lowest BCUT2D eigenvalue weighted by atomic mass is 10.1. The summed E-state index contributed by atoms with van der Waals surface area (Å²) in [6, 6.07) is 5.92. The maximum Gasteiger partial charge on any atom is 0.245 e. The molecule has 0 aliphatic rings. The summed E-state index contributed by atoms with van der Waals surface area (Å²) in [4.78, 5) is 13.0. The summed E-state index contributed by atoms with van der Waals surface area (Å²) in [5, 5.41) is 0. The Kier molecular flexibility index (Phi) is 4.11. The standard InChI is InChI=1S/C13H17NO2/c1-5-13(15)14(3)9-11-8-10(2)6-7-12(11)16-4/h5-8H,1,9H2,2-4H3. The second-order valence-corrected chi connectivity index (χ2v) is 3.71. The van der Waals surface area contributed by atoms with E-state index in [0.717, 1.165) is 16.9 Å². The molecule has 0 N–H and O–H groups in total. The van der Waals surface area contributed by atoms with Gasteiger partial charge in [0.1, 0.15) is 5.75 Å². The Hall–Kier alpha value is -1.77. The van der Waals surface area contributed by atoms with Crippen molar-refractivity contribution >= 4 is 5.91 Å². The zero-order valence-electron chi connectivity index (χ0n) is 9.99. The van der Waals surface area contributed by atoms with Gasteiger partial charge in [-0.05, 0) is 19.1 Å². The number of methoxy groups -OCH3 is 1. The van der Waals surface area contributed by atoms with Gasteiger partial charge < -0.3 is 9.64 Å². The molecule has 3 heteroatoms. The van der Waals surface area contributed by atoms with Crippen molar-refractivity contribution in [2.24, 2.45) is 0 Å². The zero-order chi connectivity index (χ0) is 12.1. The highest BCUT2D eigenvalue weighted by Gasteiger charge is 2.09. The molecule has 0 saturated heterocycles. The van der Waals surface area contributed by atoms with Gasteiger partial charge in [-0.15, -0.1) is 0 Å². The van der Waals surface area contributed by atoms with Gasteiger partial charge in [-0.2, -0.15) is 0 Å². The lowest BCUT2D eigenvalue weighted by Gasteiger charge is -2.17. The maximum atomic E-state index is 11.4. The van der Waals surface area contributed by atoms with Crippen LogP contribution in [0.3, 0.4) is 0 Å². The van der Waals surface area contributed by atoms with Crippen LogP contribution in [0, 0.1) is 6.92 Å².